The zero-order chi connectivity index (χ0) is 12.2. The van der Waals surface area contributed by atoms with Crippen LogP contribution in [0.4, 0.5) is 0 Å². The Morgan fingerprint density at radius 3 is 2.00 bits per heavy atom. The van der Waals surface area contributed by atoms with E-state index in [1.54, 1.807) is 18.9 Å². The molecule has 0 aliphatic heterocycles. The van der Waals surface area contributed by atoms with Crippen molar-refractivity contribution < 1.29 is 9.59 Å². The van der Waals surface area contributed by atoms with Gasteiger partial charge >= 0.3 is 0 Å². The van der Waals surface area contributed by atoms with Gasteiger partial charge in [0.25, 0.3) is 0 Å². The third kappa shape index (κ3) is 3.65. The lowest BCUT2D eigenvalue weighted by Crippen LogP contribution is -2.43. The minimum absolute atomic E-state index is 0.0122. The van der Waals surface area contributed by atoms with Crippen LogP contribution in [0.25, 0.3) is 0 Å². The molecule has 0 spiro atoms. The molecule has 0 N–H and O–H groups in total. The molecular weight excluding hydrogens is 190 g/mol. The zero-order valence-electron chi connectivity index (χ0n) is 10.7. The molecule has 0 fully saturated rings. The molecular formula is C12H23NO2. The lowest BCUT2D eigenvalue weighted by molar-refractivity contribution is -0.141. The Balaban J connectivity index is 4.50. The molecule has 0 saturated heterocycles. The van der Waals surface area contributed by atoms with Gasteiger partial charge in [-0.2, -0.15) is 0 Å². The average molecular weight is 213 g/mol. The minimum Gasteiger partial charge on any atom is -0.336 e. The molecule has 0 aromatic carbocycles. The highest BCUT2D eigenvalue weighted by Gasteiger charge is 2.26. The molecule has 1 amide bonds. The Kier molecular flexibility index (Phi) is 5.55. The Labute approximate surface area is 92.8 Å². The van der Waals surface area contributed by atoms with Crippen molar-refractivity contribution in [3.8, 4) is 0 Å². The normalized spacial score (nSPS) is 16.7. The summed E-state index contributed by atoms with van der Waals surface area (Å²) in [5, 5.41) is 0. The Bertz CT molecular complexity index is 238. The van der Waals surface area contributed by atoms with Gasteiger partial charge in [0.05, 0.1) is 6.04 Å². The Morgan fingerprint density at radius 1 is 1.20 bits per heavy atom. The summed E-state index contributed by atoms with van der Waals surface area (Å²) in [7, 11) is 1.70. The van der Waals surface area contributed by atoms with Gasteiger partial charge in [-0.3, -0.25) is 9.59 Å². The summed E-state index contributed by atoms with van der Waals surface area (Å²) in [5.74, 6) is 0.440. The van der Waals surface area contributed by atoms with Crippen LogP contribution in [0.5, 0.6) is 0 Å². The average Bonchev–Trinajstić information content (AvgIpc) is 2.23. The molecule has 0 bridgehead atoms. The fourth-order valence-corrected chi connectivity index (χ4v) is 1.38. The molecule has 0 aromatic heterocycles. The predicted molar refractivity (Wildman–Crippen MR) is 61.5 cm³/mol. The van der Waals surface area contributed by atoms with E-state index >= 15 is 0 Å². The van der Waals surface area contributed by atoms with Gasteiger partial charge in [-0.15, -0.1) is 0 Å². The first-order valence-corrected chi connectivity index (χ1v) is 5.60. The smallest absolute Gasteiger partial charge is 0.226 e. The summed E-state index contributed by atoms with van der Waals surface area (Å²) in [4.78, 5) is 24.7. The van der Waals surface area contributed by atoms with E-state index in [9.17, 15) is 9.59 Å². The van der Waals surface area contributed by atoms with E-state index in [4.69, 9.17) is 0 Å². The molecule has 0 rings (SSSR count). The fourth-order valence-electron chi connectivity index (χ4n) is 1.38. The second-order valence-corrected chi connectivity index (χ2v) is 4.41. The maximum Gasteiger partial charge on any atom is 0.226 e. The SMILES string of the molecule is CCC(C)[C@H](C)C(=O)N(C)[C@@H](C)C(C)=O. The van der Waals surface area contributed by atoms with Crippen molar-refractivity contribution in [1.82, 2.24) is 4.90 Å². The summed E-state index contributed by atoms with van der Waals surface area (Å²) in [6, 6.07) is -0.316. The highest BCUT2D eigenvalue weighted by molar-refractivity contribution is 5.87. The number of carbonyl (C=O) groups excluding carboxylic acids is 2. The molecule has 3 nitrogen and oxygen atoms in total. The first-order valence-electron chi connectivity index (χ1n) is 5.60. The summed E-state index contributed by atoms with van der Waals surface area (Å²) >= 11 is 0. The molecule has 0 saturated carbocycles. The standard InChI is InChI=1S/C12H23NO2/c1-7-8(2)9(3)12(15)13(6)10(4)11(5)14/h8-10H,7H2,1-6H3/t8?,9-,10-/m0/s1. The lowest BCUT2D eigenvalue weighted by Gasteiger charge is -2.28. The number of rotatable bonds is 5. The van der Waals surface area contributed by atoms with Gasteiger partial charge < -0.3 is 4.90 Å². The van der Waals surface area contributed by atoms with Gasteiger partial charge in [0.2, 0.25) is 5.91 Å². The van der Waals surface area contributed by atoms with Crippen molar-refractivity contribution in [3.63, 3.8) is 0 Å². The van der Waals surface area contributed by atoms with E-state index in [-0.39, 0.29) is 23.7 Å². The first-order chi connectivity index (χ1) is 6.82. The molecule has 0 aromatic rings. The van der Waals surface area contributed by atoms with Crippen molar-refractivity contribution in [2.24, 2.45) is 11.8 Å². The van der Waals surface area contributed by atoms with Gasteiger partial charge in [0.1, 0.15) is 0 Å². The maximum absolute atomic E-state index is 12.0. The molecule has 0 aliphatic rings. The van der Waals surface area contributed by atoms with Crippen LogP contribution in [0.1, 0.15) is 41.0 Å². The Hall–Kier alpha value is -0.860. The summed E-state index contributed by atoms with van der Waals surface area (Å²) < 4.78 is 0. The number of ketones is 1. The quantitative estimate of drug-likeness (QED) is 0.701. The van der Waals surface area contributed by atoms with Crippen LogP contribution in [0.2, 0.25) is 0 Å². The number of carbonyl (C=O) groups is 2. The van der Waals surface area contributed by atoms with Gasteiger partial charge in [-0.25, -0.2) is 0 Å². The van der Waals surface area contributed by atoms with Crippen LogP contribution in [-0.4, -0.2) is 29.7 Å². The molecule has 1 unspecified atom stereocenters. The van der Waals surface area contributed by atoms with Gasteiger partial charge in [0.15, 0.2) is 5.78 Å². The van der Waals surface area contributed by atoms with Crippen LogP contribution in [0.15, 0.2) is 0 Å². The third-order valence-corrected chi connectivity index (χ3v) is 3.40. The van der Waals surface area contributed by atoms with Gasteiger partial charge in [-0.1, -0.05) is 27.2 Å². The van der Waals surface area contributed by atoms with E-state index in [0.717, 1.165) is 6.42 Å². The van der Waals surface area contributed by atoms with Crippen LogP contribution < -0.4 is 0 Å². The predicted octanol–water partition coefficient (Wildman–Crippen LogP) is 2.10. The fraction of sp³-hybridized carbons (Fsp3) is 0.833. The number of likely N-dealkylation sites (N-methyl/N-ethyl adjacent to an activating group) is 1. The first kappa shape index (κ1) is 14.1. The van der Waals surface area contributed by atoms with Crippen LogP contribution in [0.3, 0.4) is 0 Å². The lowest BCUT2D eigenvalue weighted by atomic mass is 9.92. The number of nitrogens with zero attached hydrogens (tertiary/aromatic N) is 1. The molecule has 15 heavy (non-hydrogen) atoms. The van der Waals surface area contributed by atoms with Crippen molar-refractivity contribution in [2.75, 3.05) is 7.05 Å². The number of Topliss-reactive ketones (excluding diaryl/α,β-unsaturated/α-hetero) is 1. The van der Waals surface area contributed by atoms with Crippen LogP contribution >= 0.6 is 0 Å². The second kappa shape index (κ2) is 5.89. The van der Waals surface area contributed by atoms with E-state index in [1.165, 1.54) is 6.92 Å². The van der Waals surface area contributed by atoms with Gasteiger partial charge in [0, 0.05) is 13.0 Å². The number of hydrogen-bond donors (Lipinski definition) is 0. The Morgan fingerprint density at radius 2 is 1.67 bits per heavy atom. The highest BCUT2D eigenvalue weighted by Crippen LogP contribution is 2.17. The molecule has 0 radical (unpaired) electrons. The molecule has 3 heteroatoms. The number of hydrogen-bond acceptors (Lipinski definition) is 2. The van der Waals surface area contributed by atoms with Crippen molar-refractivity contribution in [3.05, 3.63) is 0 Å². The highest BCUT2D eigenvalue weighted by atomic mass is 16.2. The van der Waals surface area contributed by atoms with E-state index in [1.807, 2.05) is 6.92 Å². The van der Waals surface area contributed by atoms with Gasteiger partial charge in [-0.05, 0) is 19.8 Å². The maximum atomic E-state index is 12.0. The summed E-state index contributed by atoms with van der Waals surface area (Å²) in [5.41, 5.74) is 0. The topological polar surface area (TPSA) is 37.4 Å². The van der Waals surface area contributed by atoms with Crippen LogP contribution in [0, 0.1) is 11.8 Å². The molecule has 0 aliphatic carbocycles. The summed E-state index contributed by atoms with van der Waals surface area (Å²) in [6.07, 6.45) is 0.981. The van der Waals surface area contributed by atoms with Crippen molar-refractivity contribution >= 4 is 11.7 Å². The number of amides is 1. The van der Waals surface area contributed by atoms with E-state index in [2.05, 4.69) is 13.8 Å². The minimum atomic E-state index is -0.316. The molecule has 0 heterocycles. The van der Waals surface area contributed by atoms with Crippen LogP contribution in [-0.2, 0) is 9.59 Å². The monoisotopic (exact) mass is 213 g/mol. The second-order valence-electron chi connectivity index (χ2n) is 4.41. The molecule has 3 atom stereocenters. The zero-order valence-corrected chi connectivity index (χ0v) is 10.7. The summed E-state index contributed by atoms with van der Waals surface area (Å²) in [6.45, 7) is 9.35. The molecule has 88 valence electrons. The van der Waals surface area contributed by atoms with E-state index in [0.29, 0.717) is 5.92 Å². The van der Waals surface area contributed by atoms with E-state index < -0.39 is 0 Å². The largest absolute Gasteiger partial charge is 0.336 e. The van der Waals surface area contributed by atoms with Crippen molar-refractivity contribution in [2.45, 2.75) is 47.1 Å². The van der Waals surface area contributed by atoms with Crippen molar-refractivity contribution in [1.29, 1.82) is 0 Å². The third-order valence-electron chi connectivity index (χ3n) is 3.40.